The molecule has 1 heterocycles. The van der Waals surface area contributed by atoms with E-state index in [1.165, 1.54) is 6.07 Å². The van der Waals surface area contributed by atoms with Crippen LogP contribution in [0.15, 0.2) is 30.0 Å². The largest absolute Gasteiger partial charge is 0.525 e. The number of halogens is 1. The van der Waals surface area contributed by atoms with Gasteiger partial charge in [0, 0.05) is 5.56 Å². The molecule has 0 bridgehead atoms. The fraction of sp³-hybridized carbons (Fsp3) is 0.467. The smallest absolute Gasteiger partial charge is 0.507 e. The first-order valence-electron chi connectivity index (χ1n) is 6.66. The van der Waals surface area contributed by atoms with Crippen molar-refractivity contribution in [2.45, 2.75) is 45.8 Å². The van der Waals surface area contributed by atoms with Crippen LogP contribution in [0.1, 0.15) is 40.2 Å². The van der Waals surface area contributed by atoms with Crippen LogP contribution in [0, 0.1) is 0 Å². The van der Waals surface area contributed by atoms with Crippen LogP contribution in [0.25, 0.3) is 5.57 Å². The van der Waals surface area contributed by atoms with Gasteiger partial charge in [0.2, 0.25) is 0 Å². The highest BCUT2D eigenvalue weighted by atomic mass is 19.1. The summed E-state index contributed by atoms with van der Waals surface area (Å²) in [6, 6.07) is 6.63. The van der Waals surface area contributed by atoms with Gasteiger partial charge < -0.3 is 14.4 Å². The zero-order chi connectivity index (χ0) is 15.1. The Kier molecular flexibility index (Phi) is 3.69. The van der Waals surface area contributed by atoms with E-state index in [9.17, 15) is 9.50 Å². The van der Waals surface area contributed by atoms with E-state index < -0.39 is 24.0 Å². The standard InChI is InChI=1S/C15H20BFO3/c1-10(11-8-6-7-9-12(11)18)13(17)16-19-14(2,3)15(4,5)20-16/h6-9,18H,1-5H3. The monoisotopic (exact) mass is 278 g/mol. The Balaban J connectivity index is 2.35. The molecule has 1 aromatic rings. The molecule has 1 aromatic carbocycles. The first-order chi connectivity index (χ1) is 9.16. The average Bonchev–Trinajstić information content (AvgIpc) is 2.57. The fourth-order valence-corrected chi connectivity index (χ4v) is 2.04. The minimum Gasteiger partial charge on any atom is -0.507 e. The van der Waals surface area contributed by atoms with Gasteiger partial charge in [-0.25, -0.2) is 4.39 Å². The molecule has 20 heavy (non-hydrogen) atoms. The minimum absolute atomic E-state index is 0.0386. The predicted molar refractivity (Wildman–Crippen MR) is 77.9 cm³/mol. The van der Waals surface area contributed by atoms with E-state index >= 15 is 0 Å². The first kappa shape index (κ1) is 15.1. The summed E-state index contributed by atoms with van der Waals surface area (Å²) in [6.45, 7) is 9.09. The lowest BCUT2D eigenvalue weighted by atomic mass is 9.83. The number of aromatic hydroxyl groups is 1. The molecule has 2 rings (SSSR count). The number of hydrogen-bond acceptors (Lipinski definition) is 3. The van der Waals surface area contributed by atoms with E-state index in [0.29, 0.717) is 11.1 Å². The summed E-state index contributed by atoms with van der Waals surface area (Å²) in [5.41, 5.74) is -0.923. The topological polar surface area (TPSA) is 38.7 Å². The second-order valence-corrected chi connectivity index (χ2v) is 6.08. The van der Waals surface area contributed by atoms with Gasteiger partial charge in [0.15, 0.2) is 0 Å². The number of phenolic OH excluding ortho intramolecular Hbond substituents is 1. The molecule has 1 saturated heterocycles. The van der Waals surface area contributed by atoms with Crippen molar-refractivity contribution in [2.75, 3.05) is 0 Å². The van der Waals surface area contributed by atoms with E-state index in [-0.39, 0.29) is 5.75 Å². The molecule has 1 N–H and O–H groups in total. The Labute approximate surface area is 119 Å². The molecule has 0 aromatic heterocycles. The molecule has 1 aliphatic rings. The Morgan fingerprint density at radius 1 is 1.10 bits per heavy atom. The third kappa shape index (κ3) is 2.48. The van der Waals surface area contributed by atoms with Crippen LogP contribution in [0.5, 0.6) is 5.75 Å². The van der Waals surface area contributed by atoms with Crippen LogP contribution in [0.2, 0.25) is 0 Å². The Hall–Kier alpha value is -1.33. The molecule has 1 aliphatic heterocycles. The number of hydrogen-bond donors (Lipinski definition) is 1. The second-order valence-electron chi connectivity index (χ2n) is 6.08. The number of allylic oxidation sites excluding steroid dienone is 1. The van der Waals surface area contributed by atoms with Crippen molar-refractivity contribution in [1.82, 2.24) is 0 Å². The molecule has 0 radical (unpaired) electrons. The maximum atomic E-state index is 14.6. The van der Waals surface area contributed by atoms with E-state index in [1.54, 1.807) is 25.1 Å². The molecular formula is C15H20BFO3. The van der Waals surface area contributed by atoms with Crippen molar-refractivity contribution >= 4 is 12.7 Å². The van der Waals surface area contributed by atoms with Crippen LogP contribution < -0.4 is 0 Å². The van der Waals surface area contributed by atoms with Gasteiger partial charge >= 0.3 is 7.12 Å². The van der Waals surface area contributed by atoms with Gasteiger partial charge in [-0.2, -0.15) is 0 Å². The summed E-state index contributed by atoms with van der Waals surface area (Å²) in [7, 11) is -1.04. The van der Waals surface area contributed by atoms with Crippen LogP contribution >= 0.6 is 0 Å². The van der Waals surface area contributed by atoms with Gasteiger partial charge in [0.25, 0.3) is 0 Å². The summed E-state index contributed by atoms with van der Waals surface area (Å²) in [6.07, 6.45) is 0. The number of benzene rings is 1. The molecule has 0 spiro atoms. The number of para-hydroxylation sites is 1. The summed E-state index contributed by atoms with van der Waals surface area (Å²) >= 11 is 0. The van der Waals surface area contributed by atoms with Gasteiger partial charge in [-0.1, -0.05) is 18.2 Å². The Morgan fingerprint density at radius 2 is 1.60 bits per heavy atom. The predicted octanol–water partition coefficient (Wildman–Crippen LogP) is 3.72. The normalized spacial score (nSPS) is 21.8. The molecule has 0 atom stereocenters. The maximum Gasteiger partial charge on any atom is 0.525 e. The van der Waals surface area contributed by atoms with E-state index in [2.05, 4.69) is 0 Å². The summed E-state index contributed by atoms with van der Waals surface area (Å²) in [5.74, 6) is 0.0386. The van der Waals surface area contributed by atoms with Gasteiger partial charge in [0.05, 0.1) is 11.2 Å². The van der Waals surface area contributed by atoms with Crippen molar-refractivity contribution in [3.05, 3.63) is 35.6 Å². The lowest BCUT2D eigenvalue weighted by Gasteiger charge is -2.32. The zero-order valence-corrected chi connectivity index (χ0v) is 12.5. The van der Waals surface area contributed by atoms with Gasteiger partial charge in [-0.05, 0) is 46.3 Å². The molecule has 1 fully saturated rings. The molecular weight excluding hydrogens is 258 g/mol. The SMILES string of the molecule is CC(=C(F)B1OC(C)(C)C(C)(C)O1)c1ccccc1O. The van der Waals surface area contributed by atoms with E-state index in [1.807, 2.05) is 27.7 Å². The van der Waals surface area contributed by atoms with E-state index in [0.717, 1.165) is 0 Å². The molecule has 0 aliphatic carbocycles. The fourth-order valence-electron chi connectivity index (χ4n) is 2.04. The quantitative estimate of drug-likeness (QED) is 0.838. The molecule has 0 saturated carbocycles. The highest BCUT2D eigenvalue weighted by Gasteiger charge is 2.53. The van der Waals surface area contributed by atoms with E-state index in [4.69, 9.17) is 9.31 Å². The number of phenols is 1. The second kappa shape index (κ2) is 4.90. The molecule has 0 amide bonds. The van der Waals surface area contributed by atoms with Crippen molar-refractivity contribution in [3.63, 3.8) is 0 Å². The Morgan fingerprint density at radius 3 is 2.10 bits per heavy atom. The zero-order valence-electron chi connectivity index (χ0n) is 12.5. The Bertz CT molecular complexity index is 536. The molecule has 3 nitrogen and oxygen atoms in total. The maximum absolute atomic E-state index is 14.6. The average molecular weight is 278 g/mol. The third-order valence-corrected chi connectivity index (χ3v) is 4.13. The molecule has 0 unspecified atom stereocenters. The van der Waals surface area contributed by atoms with Crippen LogP contribution in [-0.2, 0) is 9.31 Å². The lowest BCUT2D eigenvalue weighted by Crippen LogP contribution is -2.41. The van der Waals surface area contributed by atoms with Crippen molar-refractivity contribution in [2.24, 2.45) is 0 Å². The van der Waals surface area contributed by atoms with Crippen molar-refractivity contribution in [3.8, 4) is 5.75 Å². The first-order valence-corrected chi connectivity index (χ1v) is 6.66. The highest BCUT2D eigenvalue weighted by molar-refractivity contribution is 6.55. The van der Waals surface area contributed by atoms with Crippen molar-refractivity contribution < 1.29 is 18.8 Å². The number of rotatable bonds is 2. The van der Waals surface area contributed by atoms with Crippen LogP contribution in [-0.4, -0.2) is 23.4 Å². The van der Waals surface area contributed by atoms with Gasteiger partial charge in [0.1, 0.15) is 11.5 Å². The van der Waals surface area contributed by atoms with Crippen molar-refractivity contribution in [1.29, 1.82) is 0 Å². The van der Waals surface area contributed by atoms with Gasteiger partial charge in [-0.15, -0.1) is 0 Å². The van der Waals surface area contributed by atoms with Crippen LogP contribution in [0.4, 0.5) is 4.39 Å². The van der Waals surface area contributed by atoms with Gasteiger partial charge in [-0.3, -0.25) is 0 Å². The minimum atomic E-state index is -1.04. The molecule has 108 valence electrons. The van der Waals surface area contributed by atoms with Crippen LogP contribution in [0.3, 0.4) is 0 Å². The summed E-state index contributed by atoms with van der Waals surface area (Å²) in [4.78, 5) is 0. The summed E-state index contributed by atoms with van der Waals surface area (Å²) in [5, 5.41) is 9.80. The molecule has 5 heteroatoms. The highest BCUT2D eigenvalue weighted by Crippen LogP contribution is 2.40. The summed E-state index contributed by atoms with van der Waals surface area (Å²) < 4.78 is 25.9. The lowest BCUT2D eigenvalue weighted by molar-refractivity contribution is 0.00578. The third-order valence-electron chi connectivity index (χ3n) is 4.13.